The molecule has 1 saturated carbocycles. The van der Waals surface area contributed by atoms with Gasteiger partial charge in [0.05, 0.1) is 0 Å². The van der Waals surface area contributed by atoms with Gasteiger partial charge in [0, 0.05) is 11.9 Å². The number of hydrogen-bond donors (Lipinski definition) is 1. The third-order valence-corrected chi connectivity index (χ3v) is 3.68. The van der Waals surface area contributed by atoms with Crippen molar-refractivity contribution in [2.24, 2.45) is 0 Å². The van der Waals surface area contributed by atoms with E-state index < -0.39 is 0 Å². The molecule has 1 N–H and O–H groups in total. The van der Waals surface area contributed by atoms with E-state index in [0.717, 1.165) is 11.6 Å². The molecule has 0 saturated heterocycles. The van der Waals surface area contributed by atoms with E-state index in [0.29, 0.717) is 4.77 Å². The average molecular weight is 242 g/mol. The summed E-state index contributed by atoms with van der Waals surface area (Å²) in [6, 6.07) is 10.7. The molecule has 0 unspecified atom stereocenters. The predicted molar refractivity (Wildman–Crippen MR) is 71.4 cm³/mol. The predicted octanol–water partition coefficient (Wildman–Crippen LogP) is 4.07. The van der Waals surface area contributed by atoms with Crippen LogP contribution in [-0.4, -0.2) is 9.97 Å². The van der Waals surface area contributed by atoms with Crippen molar-refractivity contribution in [1.82, 2.24) is 9.97 Å². The molecule has 1 aliphatic rings. The summed E-state index contributed by atoms with van der Waals surface area (Å²) in [5.74, 6) is 0.792. The van der Waals surface area contributed by atoms with Gasteiger partial charge >= 0.3 is 0 Å². The first kappa shape index (κ1) is 10.7. The van der Waals surface area contributed by atoms with Crippen LogP contribution in [0.3, 0.4) is 0 Å². The van der Waals surface area contributed by atoms with Crippen LogP contribution in [0, 0.1) is 4.77 Å². The highest BCUT2D eigenvalue weighted by atomic mass is 32.1. The normalized spacial score (nSPS) is 15.5. The maximum atomic E-state index is 5.03. The Labute approximate surface area is 106 Å². The Morgan fingerprint density at radius 3 is 2.47 bits per heavy atom. The minimum absolute atomic E-state index is 0.533. The largest absolute Gasteiger partial charge is 0.330 e. The van der Waals surface area contributed by atoms with Gasteiger partial charge in [0.2, 0.25) is 0 Å². The molecule has 0 bridgehead atoms. The fourth-order valence-corrected chi connectivity index (χ4v) is 2.38. The van der Waals surface area contributed by atoms with Crippen LogP contribution in [0.4, 0.5) is 0 Å². The number of hydrogen-bond acceptors (Lipinski definition) is 2. The van der Waals surface area contributed by atoms with Crippen molar-refractivity contribution >= 4 is 12.2 Å². The Bertz CT molecular complexity index is 567. The van der Waals surface area contributed by atoms with Gasteiger partial charge in [-0.3, -0.25) is 0 Å². The summed E-state index contributed by atoms with van der Waals surface area (Å²) in [5.41, 5.74) is 3.67. The Kier molecular flexibility index (Phi) is 2.77. The SMILES string of the molecule is S=c1nccc(-c2ccc(C3CCC3)cc2)[nH]1. The molecule has 86 valence electrons. The number of benzene rings is 1. The third-order valence-electron chi connectivity index (χ3n) is 3.47. The molecule has 3 rings (SSSR count). The molecule has 0 radical (unpaired) electrons. The van der Waals surface area contributed by atoms with Crippen LogP contribution in [0.2, 0.25) is 0 Å². The van der Waals surface area contributed by atoms with E-state index in [4.69, 9.17) is 12.2 Å². The van der Waals surface area contributed by atoms with E-state index in [1.165, 1.54) is 30.4 Å². The first-order chi connectivity index (χ1) is 8.33. The Morgan fingerprint density at radius 1 is 1.12 bits per heavy atom. The minimum atomic E-state index is 0.533. The summed E-state index contributed by atoms with van der Waals surface area (Å²) in [7, 11) is 0. The highest BCUT2D eigenvalue weighted by Crippen LogP contribution is 2.36. The first-order valence-electron chi connectivity index (χ1n) is 5.98. The number of aromatic nitrogens is 2. The Balaban J connectivity index is 1.91. The van der Waals surface area contributed by atoms with Crippen LogP contribution in [0.1, 0.15) is 30.7 Å². The first-order valence-corrected chi connectivity index (χ1v) is 6.39. The third kappa shape index (κ3) is 2.15. The fourth-order valence-electron chi connectivity index (χ4n) is 2.21. The maximum Gasteiger partial charge on any atom is 0.197 e. The molecule has 0 spiro atoms. The standard InChI is InChI=1S/C14H14N2S/c17-14-15-9-8-13(16-14)12-6-4-11(5-7-12)10-2-1-3-10/h4-10H,1-3H2,(H,15,16,17). The smallest absolute Gasteiger partial charge is 0.197 e. The Morgan fingerprint density at radius 2 is 1.88 bits per heavy atom. The van der Waals surface area contributed by atoms with Crippen molar-refractivity contribution in [3.8, 4) is 11.3 Å². The summed E-state index contributed by atoms with van der Waals surface area (Å²) >= 11 is 5.03. The molecule has 2 nitrogen and oxygen atoms in total. The lowest BCUT2D eigenvalue weighted by Gasteiger charge is -2.25. The zero-order chi connectivity index (χ0) is 11.7. The van der Waals surface area contributed by atoms with Gasteiger partial charge in [0.15, 0.2) is 4.77 Å². The average Bonchev–Trinajstić information content (AvgIpc) is 2.28. The van der Waals surface area contributed by atoms with Crippen molar-refractivity contribution in [3.05, 3.63) is 46.9 Å². The van der Waals surface area contributed by atoms with Crippen molar-refractivity contribution < 1.29 is 0 Å². The summed E-state index contributed by atoms with van der Waals surface area (Å²) < 4.78 is 0.533. The summed E-state index contributed by atoms with van der Waals surface area (Å²) in [4.78, 5) is 7.10. The molecule has 1 heterocycles. The number of rotatable bonds is 2. The van der Waals surface area contributed by atoms with Crippen LogP contribution >= 0.6 is 12.2 Å². The minimum Gasteiger partial charge on any atom is -0.330 e. The summed E-state index contributed by atoms with van der Waals surface area (Å²) in [6.07, 6.45) is 5.81. The van der Waals surface area contributed by atoms with Gasteiger partial charge < -0.3 is 4.98 Å². The summed E-state index contributed by atoms with van der Waals surface area (Å²) in [5, 5.41) is 0. The lowest BCUT2D eigenvalue weighted by molar-refractivity contribution is 0.420. The molecular formula is C14H14N2S. The fraction of sp³-hybridized carbons (Fsp3) is 0.286. The van der Waals surface area contributed by atoms with Crippen molar-refractivity contribution in [2.75, 3.05) is 0 Å². The van der Waals surface area contributed by atoms with Gasteiger partial charge in [-0.2, -0.15) is 0 Å². The molecule has 1 fully saturated rings. The molecule has 1 aromatic carbocycles. The maximum absolute atomic E-state index is 5.03. The van der Waals surface area contributed by atoms with Gasteiger partial charge in [-0.15, -0.1) is 0 Å². The molecule has 1 aliphatic carbocycles. The van der Waals surface area contributed by atoms with Crippen LogP contribution in [0.5, 0.6) is 0 Å². The molecule has 0 atom stereocenters. The molecular weight excluding hydrogens is 228 g/mol. The van der Waals surface area contributed by atoms with Gasteiger partial charge in [0.1, 0.15) is 0 Å². The van der Waals surface area contributed by atoms with Crippen molar-refractivity contribution in [3.63, 3.8) is 0 Å². The molecule has 3 heteroatoms. The highest BCUT2D eigenvalue weighted by Gasteiger charge is 2.18. The zero-order valence-corrected chi connectivity index (χ0v) is 10.3. The second-order valence-electron chi connectivity index (χ2n) is 4.54. The summed E-state index contributed by atoms with van der Waals surface area (Å²) in [6.45, 7) is 0. The van der Waals surface area contributed by atoms with Crippen LogP contribution < -0.4 is 0 Å². The van der Waals surface area contributed by atoms with Gasteiger partial charge in [-0.05, 0) is 48.2 Å². The van der Waals surface area contributed by atoms with E-state index in [-0.39, 0.29) is 0 Å². The molecule has 0 aliphatic heterocycles. The second kappa shape index (κ2) is 4.41. The van der Waals surface area contributed by atoms with Crippen LogP contribution in [0.25, 0.3) is 11.3 Å². The number of H-pyrrole nitrogens is 1. The van der Waals surface area contributed by atoms with Crippen LogP contribution in [0.15, 0.2) is 36.5 Å². The van der Waals surface area contributed by atoms with E-state index >= 15 is 0 Å². The van der Waals surface area contributed by atoms with Crippen LogP contribution in [-0.2, 0) is 0 Å². The van der Waals surface area contributed by atoms with Crippen molar-refractivity contribution in [2.45, 2.75) is 25.2 Å². The Hall–Kier alpha value is -1.48. The highest BCUT2D eigenvalue weighted by molar-refractivity contribution is 7.71. The number of aromatic amines is 1. The zero-order valence-electron chi connectivity index (χ0n) is 9.52. The van der Waals surface area contributed by atoms with Gasteiger partial charge in [-0.25, -0.2) is 4.98 Å². The molecule has 1 aromatic heterocycles. The quantitative estimate of drug-likeness (QED) is 0.804. The lowest BCUT2D eigenvalue weighted by Crippen LogP contribution is -2.08. The van der Waals surface area contributed by atoms with Gasteiger partial charge in [0.25, 0.3) is 0 Å². The topological polar surface area (TPSA) is 28.7 Å². The van der Waals surface area contributed by atoms with E-state index in [1.807, 2.05) is 6.07 Å². The van der Waals surface area contributed by atoms with Gasteiger partial charge in [-0.1, -0.05) is 30.7 Å². The van der Waals surface area contributed by atoms with E-state index in [9.17, 15) is 0 Å². The number of nitrogens with zero attached hydrogens (tertiary/aromatic N) is 1. The van der Waals surface area contributed by atoms with E-state index in [1.54, 1.807) is 6.20 Å². The molecule has 2 aromatic rings. The second-order valence-corrected chi connectivity index (χ2v) is 4.93. The molecule has 17 heavy (non-hydrogen) atoms. The lowest BCUT2D eigenvalue weighted by atomic mass is 9.80. The van der Waals surface area contributed by atoms with E-state index in [2.05, 4.69) is 34.2 Å². The van der Waals surface area contributed by atoms with Crippen molar-refractivity contribution in [1.29, 1.82) is 0 Å². The number of nitrogens with one attached hydrogen (secondary N) is 1. The molecule has 0 amide bonds. The monoisotopic (exact) mass is 242 g/mol.